The maximum absolute atomic E-state index is 13.2. The van der Waals surface area contributed by atoms with Gasteiger partial charge in [-0.05, 0) is 48.2 Å². The average molecular weight is 426 g/mol. The molecule has 6 nitrogen and oxygen atoms in total. The molecule has 0 amide bonds. The third-order valence-corrected chi connectivity index (χ3v) is 6.58. The molecular weight excluding hydrogens is 398 g/mol. The Bertz CT molecular complexity index is 830. The predicted molar refractivity (Wildman–Crippen MR) is 112 cm³/mol. The fraction of sp³-hybridized carbons (Fsp3) is 0.450. The smallest absolute Gasteiger partial charge is 0.243 e. The van der Waals surface area contributed by atoms with Gasteiger partial charge in [0.15, 0.2) is 0 Å². The van der Waals surface area contributed by atoms with E-state index >= 15 is 0 Å². The fourth-order valence-corrected chi connectivity index (χ4v) is 4.70. The molecule has 1 aromatic heterocycles. The lowest BCUT2D eigenvalue weighted by Crippen LogP contribution is -2.48. The van der Waals surface area contributed by atoms with Crippen molar-refractivity contribution in [3.63, 3.8) is 0 Å². The van der Waals surface area contributed by atoms with Crippen LogP contribution in [0.4, 0.5) is 0 Å². The summed E-state index contributed by atoms with van der Waals surface area (Å²) in [4.78, 5) is 4.42. The van der Waals surface area contributed by atoms with Gasteiger partial charge in [0, 0.05) is 32.0 Å². The van der Waals surface area contributed by atoms with Crippen LogP contribution in [0, 0.1) is 5.92 Å². The van der Waals surface area contributed by atoms with Crippen LogP contribution in [0.25, 0.3) is 0 Å². The van der Waals surface area contributed by atoms with Crippen LogP contribution in [0.3, 0.4) is 0 Å². The first-order valence-corrected chi connectivity index (χ1v) is 10.8. The molecule has 28 heavy (non-hydrogen) atoms. The van der Waals surface area contributed by atoms with Gasteiger partial charge in [0.2, 0.25) is 10.0 Å². The summed E-state index contributed by atoms with van der Waals surface area (Å²) in [7, 11) is -3.60. The highest BCUT2D eigenvalue weighted by atomic mass is 35.5. The second kappa shape index (κ2) is 10.2. The van der Waals surface area contributed by atoms with Crippen molar-refractivity contribution in [3.8, 4) is 5.75 Å². The number of aromatic nitrogens is 1. The van der Waals surface area contributed by atoms with E-state index in [1.165, 1.54) is 0 Å². The number of hydrogen-bond donors (Lipinski definition) is 1. The van der Waals surface area contributed by atoms with Gasteiger partial charge in [-0.15, -0.1) is 12.4 Å². The molecule has 1 atom stereocenters. The standard InChI is InChI=1S/C20H27N3O3S.ClH/c1-16(2)9-13-26-18-5-7-19(8-6-18)27(24,25)23-12-11-22-15-20(23)17-4-3-10-21-14-17;/h3-8,10,14,16,20,22H,9,11-13,15H2,1-2H3;1H. The van der Waals surface area contributed by atoms with Gasteiger partial charge in [-0.25, -0.2) is 8.42 Å². The summed E-state index contributed by atoms with van der Waals surface area (Å²) in [5.41, 5.74) is 0.891. The van der Waals surface area contributed by atoms with Crippen LogP contribution >= 0.6 is 12.4 Å². The summed E-state index contributed by atoms with van der Waals surface area (Å²) < 4.78 is 33.7. The Morgan fingerprint density at radius 1 is 1.25 bits per heavy atom. The number of halogens is 1. The Balaban J connectivity index is 0.00000280. The zero-order valence-corrected chi connectivity index (χ0v) is 17.9. The van der Waals surface area contributed by atoms with Crippen LogP contribution in [0.1, 0.15) is 31.9 Å². The molecule has 1 N–H and O–H groups in total. The number of nitrogens with zero attached hydrogens (tertiary/aromatic N) is 2. The van der Waals surface area contributed by atoms with Gasteiger partial charge in [-0.2, -0.15) is 4.31 Å². The van der Waals surface area contributed by atoms with Crippen molar-refractivity contribution in [2.24, 2.45) is 5.92 Å². The molecule has 154 valence electrons. The maximum Gasteiger partial charge on any atom is 0.243 e. The largest absolute Gasteiger partial charge is 0.494 e. The second-order valence-corrected chi connectivity index (χ2v) is 9.01. The Hall–Kier alpha value is -1.67. The van der Waals surface area contributed by atoms with E-state index in [2.05, 4.69) is 24.1 Å². The third-order valence-electron chi connectivity index (χ3n) is 4.66. The number of hydrogen-bond acceptors (Lipinski definition) is 5. The van der Waals surface area contributed by atoms with Crippen molar-refractivity contribution in [3.05, 3.63) is 54.4 Å². The van der Waals surface area contributed by atoms with E-state index in [1.54, 1.807) is 41.0 Å². The summed E-state index contributed by atoms with van der Waals surface area (Å²) in [6.45, 7) is 6.54. The molecule has 1 unspecified atom stereocenters. The summed E-state index contributed by atoms with van der Waals surface area (Å²) in [6.07, 6.45) is 4.38. The number of nitrogens with one attached hydrogen (secondary N) is 1. The minimum atomic E-state index is -3.60. The minimum absolute atomic E-state index is 0. The monoisotopic (exact) mass is 425 g/mol. The lowest BCUT2D eigenvalue weighted by atomic mass is 10.1. The van der Waals surface area contributed by atoms with E-state index in [0.717, 1.165) is 12.0 Å². The van der Waals surface area contributed by atoms with Crippen molar-refractivity contribution < 1.29 is 13.2 Å². The van der Waals surface area contributed by atoms with E-state index in [4.69, 9.17) is 4.74 Å². The highest BCUT2D eigenvalue weighted by Crippen LogP contribution is 2.29. The van der Waals surface area contributed by atoms with Crippen LogP contribution in [-0.2, 0) is 10.0 Å². The summed E-state index contributed by atoms with van der Waals surface area (Å²) in [6, 6.07) is 10.2. The fourth-order valence-electron chi connectivity index (χ4n) is 3.09. The first-order valence-electron chi connectivity index (χ1n) is 9.34. The third kappa shape index (κ3) is 5.44. The molecular formula is C20H28ClN3O3S. The van der Waals surface area contributed by atoms with Crippen LogP contribution in [0.2, 0.25) is 0 Å². The molecule has 1 aliphatic heterocycles. The van der Waals surface area contributed by atoms with Crippen molar-refractivity contribution >= 4 is 22.4 Å². The van der Waals surface area contributed by atoms with Gasteiger partial charge in [0.25, 0.3) is 0 Å². The normalized spacial score (nSPS) is 17.9. The van der Waals surface area contributed by atoms with Crippen LogP contribution < -0.4 is 10.1 Å². The molecule has 0 saturated carbocycles. The Morgan fingerprint density at radius 2 is 2.00 bits per heavy atom. The SMILES string of the molecule is CC(C)CCOc1ccc(S(=O)(=O)N2CCNCC2c2cccnc2)cc1.Cl. The van der Waals surface area contributed by atoms with Crippen molar-refractivity contribution in [2.75, 3.05) is 26.2 Å². The lowest BCUT2D eigenvalue weighted by Gasteiger charge is -2.35. The molecule has 1 saturated heterocycles. The Kier molecular flexibility index (Phi) is 8.24. The Labute approximate surface area is 173 Å². The summed E-state index contributed by atoms with van der Waals surface area (Å²) >= 11 is 0. The van der Waals surface area contributed by atoms with Crippen molar-refractivity contribution in [1.82, 2.24) is 14.6 Å². The molecule has 2 heterocycles. The molecule has 0 spiro atoms. The van der Waals surface area contributed by atoms with E-state index in [9.17, 15) is 8.42 Å². The number of ether oxygens (including phenoxy) is 1. The number of sulfonamides is 1. The van der Waals surface area contributed by atoms with E-state index < -0.39 is 10.0 Å². The predicted octanol–water partition coefficient (Wildman–Crippen LogP) is 3.26. The van der Waals surface area contributed by atoms with Gasteiger partial charge in [0.1, 0.15) is 5.75 Å². The van der Waals surface area contributed by atoms with Gasteiger partial charge in [0.05, 0.1) is 17.5 Å². The highest BCUT2D eigenvalue weighted by molar-refractivity contribution is 7.89. The van der Waals surface area contributed by atoms with Crippen molar-refractivity contribution in [2.45, 2.75) is 31.2 Å². The molecule has 2 aromatic rings. The van der Waals surface area contributed by atoms with Crippen LogP contribution in [-0.4, -0.2) is 43.9 Å². The Morgan fingerprint density at radius 3 is 2.64 bits per heavy atom. The van der Waals surface area contributed by atoms with E-state index in [0.29, 0.717) is 37.9 Å². The second-order valence-electron chi connectivity index (χ2n) is 7.12. The summed E-state index contributed by atoms with van der Waals surface area (Å²) in [5, 5.41) is 3.27. The zero-order chi connectivity index (χ0) is 19.3. The minimum Gasteiger partial charge on any atom is -0.494 e. The maximum atomic E-state index is 13.2. The molecule has 8 heteroatoms. The van der Waals surface area contributed by atoms with Gasteiger partial charge < -0.3 is 10.1 Å². The zero-order valence-electron chi connectivity index (χ0n) is 16.2. The molecule has 1 aliphatic rings. The van der Waals surface area contributed by atoms with E-state index in [-0.39, 0.29) is 23.3 Å². The molecule has 0 aliphatic carbocycles. The quantitative estimate of drug-likeness (QED) is 0.737. The van der Waals surface area contributed by atoms with Gasteiger partial charge >= 0.3 is 0 Å². The van der Waals surface area contributed by atoms with E-state index in [1.807, 2.05) is 12.1 Å². The molecule has 0 radical (unpaired) electrons. The van der Waals surface area contributed by atoms with Crippen LogP contribution in [0.15, 0.2) is 53.7 Å². The molecule has 3 rings (SSSR count). The number of piperazine rings is 1. The number of pyridine rings is 1. The first-order chi connectivity index (χ1) is 13.0. The number of rotatable bonds is 7. The molecule has 0 bridgehead atoms. The lowest BCUT2D eigenvalue weighted by molar-refractivity contribution is 0.271. The first kappa shape index (κ1) is 22.6. The topological polar surface area (TPSA) is 71.5 Å². The van der Waals surface area contributed by atoms with Crippen LogP contribution in [0.5, 0.6) is 5.75 Å². The molecule has 1 fully saturated rings. The van der Waals surface area contributed by atoms with Gasteiger partial charge in [-0.1, -0.05) is 19.9 Å². The summed E-state index contributed by atoms with van der Waals surface area (Å²) in [5.74, 6) is 1.26. The molecule has 1 aromatic carbocycles. The number of benzene rings is 1. The highest BCUT2D eigenvalue weighted by Gasteiger charge is 2.34. The van der Waals surface area contributed by atoms with Crippen molar-refractivity contribution in [1.29, 1.82) is 0 Å². The average Bonchev–Trinajstić information content (AvgIpc) is 2.69. The van der Waals surface area contributed by atoms with Gasteiger partial charge in [-0.3, -0.25) is 4.98 Å².